The van der Waals surface area contributed by atoms with Gasteiger partial charge in [-0.2, -0.15) is 0 Å². The Labute approximate surface area is 152 Å². The lowest BCUT2D eigenvalue weighted by Crippen LogP contribution is -2.65. The Kier molecular flexibility index (Phi) is 3.64. The molecule has 2 bridgehead atoms. The van der Waals surface area contributed by atoms with Gasteiger partial charge in [-0.1, -0.05) is 28.1 Å². The fourth-order valence-corrected chi connectivity index (χ4v) is 4.00. The van der Waals surface area contributed by atoms with Crippen LogP contribution in [-0.2, 0) is 0 Å². The molecule has 0 spiro atoms. The van der Waals surface area contributed by atoms with Crippen molar-refractivity contribution in [3.8, 4) is 11.5 Å². The number of ether oxygens (including phenoxy) is 2. The second-order valence-corrected chi connectivity index (χ2v) is 7.21. The molecule has 25 heavy (non-hydrogen) atoms. The molecule has 1 N–H and O–H groups in total. The third-order valence-electron chi connectivity index (χ3n) is 4.62. The van der Waals surface area contributed by atoms with Crippen LogP contribution in [0.4, 0.5) is 14.9 Å². The van der Waals surface area contributed by atoms with Crippen molar-refractivity contribution < 1.29 is 18.7 Å². The van der Waals surface area contributed by atoms with Crippen LogP contribution in [-0.4, -0.2) is 18.9 Å². The number of benzene rings is 2. The van der Waals surface area contributed by atoms with Crippen molar-refractivity contribution >= 4 is 27.6 Å². The average Bonchev–Trinajstić information content (AvgIpc) is 2.56. The van der Waals surface area contributed by atoms with E-state index >= 15 is 0 Å². The molecule has 0 unspecified atom stereocenters. The highest BCUT2D eigenvalue weighted by atomic mass is 79.9. The summed E-state index contributed by atoms with van der Waals surface area (Å²) in [5.74, 6) is 0.644. The summed E-state index contributed by atoms with van der Waals surface area (Å²) in [5, 5.41) is 2.95. The third-order valence-corrected chi connectivity index (χ3v) is 5.07. The number of carbonyl (C=O) groups is 1. The third kappa shape index (κ3) is 2.45. The van der Waals surface area contributed by atoms with Gasteiger partial charge in [0, 0.05) is 16.5 Å². The van der Waals surface area contributed by atoms with Gasteiger partial charge >= 0.3 is 6.03 Å². The molecule has 0 aliphatic carbocycles. The smallest absolute Gasteiger partial charge is 0.325 e. The summed E-state index contributed by atoms with van der Waals surface area (Å²) < 4.78 is 26.8. The highest BCUT2D eigenvalue weighted by Crippen LogP contribution is 2.50. The summed E-state index contributed by atoms with van der Waals surface area (Å²) in [6.07, 6.45) is 0.486. The van der Waals surface area contributed by atoms with Gasteiger partial charge in [-0.05, 0) is 31.2 Å². The zero-order valence-corrected chi connectivity index (χ0v) is 15.3. The largest absolute Gasteiger partial charge is 0.493 e. The molecule has 2 heterocycles. The van der Waals surface area contributed by atoms with Crippen molar-refractivity contribution in [2.24, 2.45) is 0 Å². The van der Waals surface area contributed by atoms with E-state index in [-0.39, 0.29) is 11.7 Å². The Morgan fingerprint density at radius 3 is 2.88 bits per heavy atom. The fourth-order valence-electron chi connectivity index (χ4n) is 3.55. The number of anilines is 1. The number of nitrogens with zero attached hydrogens (tertiary/aromatic N) is 1. The first-order valence-electron chi connectivity index (χ1n) is 7.84. The number of hydrogen-bond donors (Lipinski definition) is 1. The van der Waals surface area contributed by atoms with Gasteiger partial charge in [-0.15, -0.1) is 0 Å². The zero-order chi connectivity index (χ0) is 17.8. The van der Waals surface area contributed by atoms with Gasteiger partial charge in [0.1, 0.15) is 5.82 Å². The number of carbonyl (C=O) groups excluding carboxylic acids is 1. The maximum atomic E-state index is 14.3. The van der Waals surface area contributed by atoms with Crippen LogP contribution in [0.15, 0.2) is 40.9 Å². The van der Waals surface area contributed by atoms with Crippen LogP contribution in [0.3, 0.4) is 0 Å². The molecule has 5 nitrogen and oxygen atoms in total. The molecule has 0 aromatic heterocycles. The van der Waals surface area contributed by atoms with Crippen LogP contribution in [0.2, 0.25) is 0 Å². The molecule has 2 aliphatic rings. The van der Waals surface area contributed by atoms with E-state index in [1.165, 1.54) is 11.0 Å². The predicted octanol–water partition coefficient (Wildman–Crippen LogP) is 4.37. The number of urea groups is 1. The van der Waals surface area contributed by atoms with Crippen LogP contribution >= 0.6 is 15.9 Å². The standard InChI is InChI=1S/C18H16BrFN2O3/c1-18-9-13(11-7-10(19)8-15(24-2)16(11)25-18)21-17(23)22(18)14-6-4-3-5-12(14)20/h3-8,13H,9H2,1-2H3,(H,21,23)/t13-,18+/m1/s1. The van der Waals surface area contributed by atoms with Crippen LogP contribution in [0.1, 0.15) is 24.9 Å². The summed E-state index contributed by atoms with van der Waals surface area (Å²) in [6, 6.07) is 9.24. The van der Waals surface area contributed by atoms with Crippen molar-refractivity contribution in [2.75, 3.05) is 12.0 Å². The van der Waals surface area contributed by atoms with Crippen molar-refractivity contribution in [2.45, 2.75) is 25.1 Å². The first-order valence-corrected chi connectivity index (χ1v) is 8.64. The van der Waals surface area contributed by atoms with Crippen molar-refractivity contribution in [1.29, 1.82) is 0 Å². The van der Waals surface area contributed by atoms with Crippen molar-refractivity contribution in [3.05, 3.63) is 52.3 Å². The Morgan fingerprint density at radius 2 is 2.16 bits per heavy atom. The van der Waals surface area contributed by atoms with E-state index in [2.05, 4.69) is 21.2 Å². The number of nitrogens with one attached hydrogen (secondary N) is 1. The number of fused-ring (bicyclic) bond motifs is 4. The molecule has 4 rings (SSSR count). The monoisotopic (exact) mass is 406 g/mol. The second-order valence-electron chi connectivity index (χ2n) is 6.30. The average molecular weight is 407 g/mol. The molecule has 1 fully saturated rings. The molecule has 1 saturated heterocycles. The maximum Gasteiger partial charge on any atom is 0.325 e. The summed E-state index contributed by atoms with van der Waals surface area (Å²) in [6.45, 7) is 1.79. The van der Waals surface area contributed by atoms with Gasteiger partial charge in [0.05, 0.1) is 18.8 Å². The van der Waals surface area contributed by atoms with E-state index in [9.17, 15) is 9.18 Å². The zero-order valence-electron chi connectivity index (χ0n) is 13.7. The van der Waals surface area contributed by atoms with E-state index in [4.69, 9.17) is 9.47 Å². The molecule has 2 aliphatic heterocycles. The van der Waals surface area contributed by atoms with E-state index in [1.807, 2.05) is 6.07 Å². The molecular weight excluding hydrogens is 391 g/mol. The Hall–Kier alpha value is -2.28. The minimum atomic E-state index is -1.02. The lowest BCUT2D eigenvalue weighted by molar-refractivity contribution is 0.0344. The van der Waals surface area contributed by atoms with Crippen LogP contribution in [0, 0.1) is 5.82 Å². The number of hydrogen-bond acceptors (Lipinski definition) is 3. The summed E-state index contributed by atoms with van der Waals surface area (Å²) in [7, 11) is 1.56. The minimum Gasteiger partial charge on any atom is -0.493 e. The highest BCUT2D eigenvalue weighted by Gasteiger charge is 2.51. The second kappa shape index (κ2) is 5.62. The number of halogens is 2. The lowest BCUT2D eigenvalue weighted by atomic mass is 9.90. The Morgan fingerprint density at radius 1 is 1.40 bits per heavy atom. The molecule has 0 saturated carbocycles. The van der Waals surface area contributed by atoms with Gasteiger partial charge in [-0.25, -0.2) is 9.18 Å². The minimum absolute atomic E-state index is 0.181. The van der Waals surface area contributed by atoms with Gasteiger partial charge in [0.25, 0.3) is 0 Å². The molecule has 130 valence electrons. The molecule has 0 radical (unpaired) electrons. The number of para-hydroxylation sites is 1. The first kappa shape index (κ1) is 16.2. The van der Waals surface area contributed by atoms with E-state index in [0.29, 0.717) is 17.9 Å². The maximum absolute atomic E-state index is 14.3. The van der Waals surface area contributed by atoms with Crippen molar-refractivity contribution in [3.63, 3.8) is 0 Å². The van der Waals surface area contributed by atoms with E-state index in [0.717, 1.165) is 10.0 Å². The summed E-state index contributed by atoms with van der Waals surface area (Å²) in [4.78, 5) is 14.1. The van der Waals surface area contributed by atoms with Crippen LogP contribution in [0.25, 0.3) is 0 Å². The number of rotatable bonds is 2. The fraction of sp³-hybridized carbons (Fsp3) is 0.278. The lowest BCUT2D eigenvalue weighted by Gasteiger charge is -2.50. The summed E-state index contributed by atoms with van der Waals surface area (Å²) >= 11 is 3.45. The predicted molar refractivity (Wildman–Crippen MR) is 94.5 cm³/mol. The van der Waals surface area contributed by atoms with E-state index < -0.39 is 17.6 Å². The SMILES string of the molecule is COc1cc(Br)cc2c1O[C@@]1(C)C[C@H]2NC(=O)N1c1ccccc1F. The van der Waals surface area contributed by atoms with Crippen LogP contribution in [0.5, 0.6) is 11.5 Å². The number of amides is 2. The van der Waals surface area contributed by atoms with Crippen LogP contribution < -0.4 is 19.7 Å². The van der Waals surface area contributed by atoms with Gasteiger partial charge < -0.3 is 14.8 Å². The Bertz CT molecular complexity index is 875. The molecule has 7 heteroatoms. The molecular formula is C18H16BrFN2O3. The molecule has 2 atom stereocenters. The number of methoxy groups -OCH3 is 1. The highest BCUT2D eigenvalue weighted by molar-refractivity contribution is 9.10. The van der Waals surface area contributed by atoms with Gasteiger partial charge in [-0.3, -0.25) is 4.90 Å². The van der Waals surface area contributed by atoms with Gasteiger partial charge in [0.2, 0.25) is 0 Å². The van der Waals surface area contributed by atoms with E-state index in [1.54, 1.807) is 38.3 Å². The molecule has 2 aromatic carbocycles. The molecule has 2 amide bonds. The summed E-state index contributed by atoms with van der Waals surface area (Å²) in [5.41, 5.74) is -0.00532. The molecule has 2 aromatic rings. The van der Waals surface area contributed by atoms with Crippen molar-refractivity contribution in [1.82, 2.24) is 5.32 Å². The van der Waals surface area contributed by atoms with Gasteiger partial charge in [0.15, 0.2) is 17.2 Å². The topological polar surface area (TPSA) is 50.8 Å². The normalized spacial score (nSPS) is 24.2. The Balaban J connectivity index is 1.86. The quantitative estimate of drug-likeness (QED) is 0.805. The first-order chi connectivity index (χ1) is 11.9.